The molecule has 0 aromatic rings. The summed E-state index contributed by atoms with van der Waals surface area (Å²) in [5.74, 6) is -0.791. The summed E-state index contributed by atoms with van der Waals surface area (Å²) in [5, 5.41) is 17.7. The van der Waals surface area contributed by atoms with E-state index in [1.807, 2.05) is 6.92 Å². The molecule has 1 fully saturated rings. The molecule has 7 nitrogen and oxygen atoms in total. The Hall–Kier alpha value is -1.34. The van der Waals surface area contributed by atoms with E-state index in [0.29, 0.717) is 45.8 Å². The molecular formula is C13H25N3O4. The Balaban J connectivity index is 2.39. The van der Waals surface area contributed by atoms with Crippen molar-refractivity contribution in [3.05, 3.63) is 0 Å². The average molecular weight is 287 g/mol. The van der Waals surface area contributed by atoms with E-state index in [-0.39, 0.29) is 19.1 Å². The van der Waals surface area contributed by atoms with Crippen LogP contribution >= 0.6 is 0 Å². The number of carboxylic acid groups (broad SMARTS) is 1. The van der Waals surface area contributed by atoms with Crippen LogP contribution < -0.4 is 0 Å². The monoisotopic (exact) mass is 287 g/mol. The number of carbonyl (C=O) groups excluding carboxylic acids is 1. The van der Waals surface area contributed by atoms with Gasteiger partial charge >= 0.3 is 12.0 Å². The van der Waals surface area contributed by atoms with E-state index in [9.17, 15) is 9.59 Å². The van der Waals surface area contributed by atoms with Crippen LogP contribution in [0.5, 0.6) is 0 Å². The Labute approximate surface area is 119 Å². The van der Waals surface area contributed by atoms with Gasteiger partial charge < -0.3 is 20.0 Å². The van der Waals surface area contributed by atoms with Gasteiger partial charge in [0.05, 0.1) is 13.0 Å². The maximum absolute atomic E-state index is 12.3. The predicted octanol–water partition coefficient (Wildman–Crippen LogP) is -0.0970. The van der Waals surface area contributed by atoms with Crippen LogP contribution in [0.25, 0.3) is 0 Å². The zero-order valence-corrected chi connectivity index (χ0v) is 12.1. The van der Waals surface area contributed by atoms with Crippen molar-refractivity contribution in [2.45, 2.75) is 19.8 Å². The average Bonchev–Trinajstić information content (AvgIpc) is 2.44. The number of rotatable bonds is 7. The number of hydrogen-bond donors (Lipinski definition) is 2. The van der Waals surface area contributed by atoms with Gasteiger partial charge in [0.15, 0.2) is 0 Å². The molecule has 116 valence electrons. The highest BCUT2D eigenvalue weighted by molar-refractivity contribution is 5.74. The Morgan fingerprint density at radius 2 is 1.80 bits per heavy atom. The van der Waals surface area contributed by atoms with Crippen molar-refractivity contribution in [2.75, 3.05) is 52.4 Å². The molecule has 0 radical (unpaired) electrons. The molecular weight excluding hydrogens is 262 g/mol. The van der Waals surface area contributed by atoms with Gasteiger partial charge in [-0.3, -0.25) is 9.69 Å². The topological polar surface area (TPSA) is 84.3 Å². The predicted molar refractivity (Wildman–Crippen MR) is 74.6 cm³/mol. The minimum atomic E-state index is -0.791. The quantitative estimate of drug-likeness (QED) is 0.683. The van der Waals surface area contributed by atoms with Gasteiger partial charge in [-0.05, 0) is 6.42 Å². The molecule has 1 saturated heterocycles. The second-order valence-corrected chi connectivity index (χ2v) is 4.97. The molecule has 1 rings (SSSR count). The molecule has 20 heavy (non-hydrogen) atoms. The third-order valence-corrected chi connectivity index (χ3v) is 3.42. The molecule has 1 aliphatic heterocycles. The fourth-order valence-electron chi connectivity index (χ4n) is 2.31. The summed E-state index contributed by atoms with van der Waals surface area (Å²) in [7, 11) is 0. The summed E-state index contributed by atoms with van der Waals surface area (Å²) in [6.07, 6.45) is 1.00. The number of aliphatic carboxylic acids is 1. The van der Waals surface area contributed by atoms with E-state index < -0.39 is 5.97 Å². The van der Waals surface area contributed by atoms with Crippen molar-refractivity contribution in [2.24, 2.45) is 0 Å². The molecule has 0 aromatic carbocycles. The Morgan fingerprint density at radius 1 is 1.15 bits per heavy atom. The van der Waals surface area contributed by atoms with Crippen LogP contribution in [0.2, 0.25) is 0 Å². The van der Waals surface area contributed by atoms with Gasteiger partial charge in [0.1, 0.15) is 0 Å². The van der Waals surface area contributed by atoms with Crippen molar-refractivity contribution in [1.82, 2.24) is 14.7 Å². The third kappa shape index (κ3) is 5.34. The van der Waals surface area contributed by atoms with E-state index in [1.54, 1.807) is 9.80 Å². The van der Waals surface area contributed by atoms with Crippen molar-refractivity contribution in [3.8, 4) is 0 Å². The molecule has 0 aromatic heterocycles. The van der Waals surface area contributed by atoms with E-state index >= 15 is 0 Å². The molecule has 0 unspecified atom stereocenters. The SMILES string of the molecule is CCCN(CCO)C(=O)N1CCN(CCC(=O)O)CC1. The Kier molecular flexibility index (Phi) is 7.32. The third-order valence-electron chi connectivity index (χ3n) is 3.42. The molecule has 0 aliphatic carbocycles. The maximum atomic E-state index is 12.3. The van der Waals surface area contributed by atoms with Crippen LogP contribution in [-0.4, -0.2) is 89.3 Å². The Bertz CT molecular complexity index is 311. The number of carbonyl (C=O) groups is 2. The minimum absolute atomic E-state index is 0.0235. The number of hydrogen-bond acceptors (Lipinski definition) is 4. The first-order chi connectivity index (χ1) is 9.58. The highest BCUT2D eigenvalue weighted by Crippen LogP contribution is 2.07. The lowest BCUT2D eigenvalue weighted by molar-refractivity contribution is -0.137. The van der Waals surface area contributed by atoms with Gasteiger partial charge in [-0.15, -0.1) is 0 Å². The second-order valence-electron chi connectivity index (χ2n) is 4.97. The molecule has 0 atom stereocenters. The first-order valence-electron chi connectivity index (χ1n) is 7.17. The summed E-state index contributed by atoms with van der Waals surface area (Å²) < 4.78 is 0. The number of aliphatic hydroxyl groups is 1. The van der Waals surface area contributed by atoms with E-state index in [1.165, 1.54) is 0 Å². The minimum Gasteiger partial charge on any atom is -0.481 e. The lowest BCUT2D eigenvalue weighted by Gasteiger charge is -2.37. The lowest BCUT2D eigenvalue weighted by atomic mass is 10.3. The summed E-state index contributed by atoms with van der Waals surface area (Å²) in [4.78, 5) is 28.3. The van der Waals surface area contributed by atoms with Gasteiger partial charge in [0.2, 0.25) is 0 Å². The van der Waals surface area contributed by atoms with E-state index in [2.05, 4.69) is 4.90 Å². The van der Waals surface area contributed by atoms with Gasteiger partial charge in [-0.1, -0.05) is 6.92 Å². The summed E-state index contributed by atoms with van der Waals surface area (Å²) in [5.41, 5.74) is 0. The van der Waals surface area contributed by atoms with Gasteiger partial charge in [-0.25, -0.2) is 4.79 Å². The molecule has 0 spiro atoms. The standard InChI is InChI=1S/C13H25N3O4/c1-2-4-15(10-11-17)13(20)16-8-6-14(7-9-16)5-3-12(18)19/h17H,2-11H2,1H3,(H,18,19). The zero-order valence-electron chi connectivity index (χ0n) is 12.1. The van der Waals surface area contributed by atoms with Crippen molar-refractivity contribution >= 4 is 12.0 Å². The fraction of sp³-hybridized carbons (Fsp3) is 0.846. The number of carboxylic acids is 1. The van der Waals surface area contributed by atoms with Gasteiger partial charge in [-0.2, -0.15) is 0 Å². The Morgan fingerprint density at radius 3 is 2.30 bits per heavy atom. The highest BCUT2D eigenvalue weighted by Gasteiger charge is 2.24. The molecule has 2 amide bonds. The van der Waals surface area contributed by atoms with Crippen molar-refractivity contribution < 1.29 is 19.8 Å². The number of aliphatic hydroxyl groups excluding tert-OH is 1. The van der Waals surface area contributed by atoms with Crippen molar-refractivity contribution in [1.29, 1.82) is 0 Å². The van der Waals surface area contributed by atoms with Crippen LogP contribution in [0.1, 0.15) is 19.8 Å². The first-order valence-corrected chi connectivity index (χ1v) is 7.17. The van der Waals surface area contributed by atoms with Crippen LogP contribution in [0.4, 0.5) is 4.79 Å². The number of piperazine rings is 1. The summed E-state index contributed by atoms with van der Waals surface area (Å²) in [6, 6.07) is -0.0289. The first kappa shape index (κ1) is 16.7. The number of amides is 2. The van der Waals surface area contributed by atoms with E-state index in [0.717, 1.165) is 6.42 Å². The van der Waals surface area contributed by atoms with Crippen molar-refractivity contribution in [3.63, 3.8) is 0 Å². The number of urea groups is 1. The van der Waals surface area contributed by atoms with E-state index in [4.69, 9.17) is 10.2 Å². The normalized spacial score (nSPS) is 16.2. The molecule has 1 aliphatic rings. The molecule has 2 N–H and O–H groups in total. The van der Waals surface area contributed by atoms with Crippen LogP contribution in [0, 0.1) is 0 Å². The van der Waals surface area contributed by atoms with Gasteiger partial charge in [0.25, 0.3) is 0 Å². The highest BCUT2D eigenvalue weighted by atomic mass is 16.4. The smallest absolute Gasteiger partial charge is 0.320 e. The number of nitrogens with zero attached hydrogens (tertiary/aromatic N) is 3. The van der Waals surface area contributed by atoms with Gasteiger partial charge in [0, 0.05) is 45.8 Å². The van der Waals surface area contributed by atoms with Crippen LogP contribution in [0.15, 0.2) is 0 Å². The molecule has 7 heteroatoms. The second kappa shape index (κ2) is 8.76. The molecule has 0 saturated carbocycles. The summed E-state index contributed by atoms with van der Waals surface area (Å²) in [6.45, 7) is 6.17. The zero-order chi connectivity index (χ0) is 15.0. The van der Waals surface area contributed by atoms with Crippen LogP contribution in [0.3, 0.4) is 0 Å². The largest absolute Gasteiger partial charge is 0.481 e. The fourth-order valence-corrected chi connectivity index (χ4v) is 2.31. The molecule has 1 heterocycles. The summed E-state index contributed by atoms with van der Waals surface area (Å²) >= 11 is 0. The van der Waals surface area contributed by atoms with Crippen LogP contribution in [-0.2, 0) is 4.79 Å². The molecule has 0 bridgehead atoms. The lowest BCUT2D eigenvalue weighted by Crippen LogP contribution is -2.53. The maximum Gasteiger partial charge on any atom is 0.320 e.